The molecule has 1 unspecified atom stereocenters. The van der Waals surface area contributed by atoms with Crippen LogP contribution in [0.3, 0.4) is 0 Å². The van der Waals surface area contributed by atoms with Gasteiger partial charge >= 0.3 is 11.7 Å². The van der Waals surface area contributed by atoms with Gasteiger partial charge in [-0.2, -0.15) is 10.2 Å². The van der Waals surface area contributed by atoms with Gasteiger partial charge in [-0.1, -0.05) is 19.1 Å². The molecule has 0 aliphatic heterocycles. The van der Waals surface area contributed by atoms with Crippen LogP contribution in [-0.2, 0) is 16.1 Å². The lowest BCUT2D eigenvalue weighted by Gasteiger charge is -2.13. The predicted molar refractivity (Wildman–Crippen MR) is 121 cm³/mol. The van der Waals surface area contributed by atoms with Crippen molar-refractivity contribution < 1.29 is 19.2 Å². The molecule has 0 bridgehead atoms. The van der Waals surface area contributed by atoms with Crippen molar-refractivity contribution >= 4 is 28.9 Å². The van der Waals surface area contributed by atoms with Crippen molar-refractivity contribution in [1.82, 2.24) is 24.4 Å². The van der Waals surface area contributed by atoms with Gasteiger partial charge in [0, 0.05) is 17.4 Å². The van der Waals surface area contributed by atoms with E-state index in [1.807, 2.05) is 6.07 Å². The minimum Gasteiger partial charge on any atom is -0.462 e. The lowest BCUT2D eigenvalue weighted by molar-refractivity contribution is -0.385. The SMILES string of the molecule is CCOC(=O)c1cnn2c(-c3cccc(NC(=O)C(C)Cn4cc([N+](=O)[O-])cn4)c3)ccnc12. The Morgan fingerprint density at radius 1 is 1.24 bits per heavy atom. The summed E-state index contributed by atoms with van der Waals surface area (Å²) in [7, 11) is 0. The van der Waals surface area contributed by atoms with Gasteiger partial charge in [-0.25, -0.2) is 14.3 Å². The fourth-order valence-electron chi connectivity index (χ4n) is 3.39. The zero-order valence-electron chi connectivity index (χ0n) is 18.4. The van der Waals surface area contributed by atoms with Crippen molar-refractivity contribution in [3.63, 3.8) is 0 Å². The number of aromatic nitrogens is 5. The Bertz CT molecular complexity index is 1380. The van der Waals surface area contributed by atoms with Crippen LogP contribution >= 0.6 is 0 Å². The molecule has 0 aliphatic rings. The Labute approximate surface area is 193 Å². The number of esters is 1. The minimum atomic E-state index is -0.537. The molecule has 1 atom stereocenters. The van der Waals surface area contributed by atoms with E-state index in [-0.39, 0.29) is 30.3 Å². The second-order valence-corrected chi connectivity index (χ2v) is 7.49. The van der Waals surface area contributed by atoms with Crippen LogP contribution in [0.25, 0.3) is 16.9 Å². The first-order chi connectivity index (χ1) is 16.4. The fraction of sp³-hybridized carbons (Fsp3) is 0.227. The van der Waals surface area contributed by atoms with Crippen LogP contribution in [0.15, 0.2) is 55.1 Å². The van der Waals surface area contributed by atoms with Crippen molar-refractivity contribution in [1.29, 1.82) is 0 Å². The van der Waals surface area contributed by atoms with Crippen molar-refractivity contribution in [3.8, 4) is 11.3 Å². The topological polar surface area (TPSA) is 147 Å². The molecule has 0 radical (unpaired) electrons. The third-order valence-corrected chi connectivity index (χ3v) is 5.06. The minimum absolute atomic E-state index is 0.131. The molecule has 1 aromatic carbocycles. The molecule has 4 aromatic rings. The van der Waals surface area contributed by atoms with Crippen LogP contribution in [0, 0.1) is 16.0 Å². The number of nitrogens with zero attached hydrogens (tertiary/aromatic N) is 6. The van der Waals surface area contributed by atoms with E-state index in [2.05, 4.69) is 20.5 Å². The zero-order chi connectivity index (χ0) is 24.2. The van der Waals surface area contributed by atoms with Gasteiger partial charge in [0.25, 0.3) is 0 Å². The number of carbonyl (C=O) groups is 2. The van der Waals surface area contributed by atoms with Crippen molar-refractivity contribution in [2.24, 2.45) is 5.92 Å². The van der Waals surface area contributed by atoms with E-state index in [0.29, 0.717) is 17.0 Å². The van der Waals surface area contributed by atoms with Gasteiger partial charge in [0.05, 0.1) is 35.9 Å². The molecule has 12 nitrogen and oxygen atoms in total. The molecule has 0 saturated carbocycles. The maximum Gasteiger partial charge on any atom is 0.343 e. The molecule has 0 spiro atoms. The second-order valence-electron chi connectivity index (χ2n) is 7.49. The Morgan fingerprint density at radius 2 is 2.06 bits per heavy atom. The summed E-state index contributed by atoms with van der Waals surface area (Å²) in [5.41, 5.74) is 2.48. The Kier molecular flexibility index (Phi) is 6.30. The lowest BCUT2D eigenvalue weighted by atomic mass is 10.1. The number of rotatable bonds is 8. The van der Waals surface area contributed by atoms with Gasteiger partial charge in [0.2, 0.25) is 5.91 Å². The summed E-state index contributed by atoms with van der Waals surface area (Å²) in [4.78, 5) is 39.4. The smallest absolute Gasteiger partial charge is 0.343 e. The van der Waals surface area contributed by atoms with E-state index in [9.17, 15) is 19.7 Å². The Morgan fingerprint density at radius 3 is 2.79 bits per heavy atom. The summed E-state index contributed by atoms with van der Waals surface area (Å²) in [6.07, 6.45) is 5.42. The molecule has 0 fully saturated rings. The van der Waals surface area contributed by atoms with E-state index < -0.39 is 16.8 Å². The molecule has 0 aliphatic carbocycles. The molecule has 3 aromatic heterocycles. The average Bonchev–Trinajstić information content (AvgIpc) is 3.46. The molecule has 4 rings (SSSR count). The summed E-state index contributed by atoms with van der Waals surface area (Å²) in [6, 6.07) is 8.92. The molecule has 174 valence electrons. The average molecular weight is 463 g/mol. The van der Waals surface area contributed by atoms with E-state index in [1.165, 1.54) is 17.1 Å². The van der Waals surface area contributed by atoms with Crippen LogP contribution in [0.5, 0.6) is 0 Å². The number of fused-ring (bicyclic) bond motifs is 1. The van der Waals surface area contributed by atoms with Crippen LogP contribution in [0.4, 0.5) is 11.4 Å². The number of hydrogen-bond acceptors (Lipinski definition) is 8. The van der Waals surface area contributed by atoms with Crippen molar-refractivity contribution in [3.05, 3.63) is 70.8 Å². The molecular weight excluding hydrogens is 442 g/mol. The molecule has 34 heavy (non-hydrogen) atoms. The Hall–Kier alpha value is -4.61. The third-order valence-electron chi connectivity index (χ3n) is 5.06. The summed E-state index contributed by atoms with van der Waals surface area (Å²) < 4.78 is 7.97. The second kappa shape index (κ2) is 9.48. The molecule has 1 N–H and O–H groups in total. The first-order valence-electron chi connectivity index (χ1n) is 10.5. The molecular formula is C22H21N7O5. The van der Waals surface area contributed by atoms with Gasteiger partial charge in [-0.3, -0.25) is 19.6 Å². The van der Waals surface area contributed by atoms with Gasteiger partial charge in [0.1, 0.15) is 18.0 Å². The fourth-order valence-corrected chi connectivity index (χ4v) is 3.39. The van der Waals surface area contributed by atoms with E-state index >= 15 is 0 Å². The quantitative estimate of drug-likeness (QED) is 0.238. The van der Waals surface area contributed by atoms with Crippen molar-refractivity contribution in [2.75, 3.05) is 11.9 Å². The number of nitro groups is 1. The maximum absolute atomic E-state index is 12.7. The van der Waals surface area contributed by atoms with E-state index in [1.54, 1.807) is 48.8 Å². The monoisotopic (exact) mass is 463 g/mol. The molecule has 12 heteroatoms. The number of nitrogens with one attached hydrogen (secondary N) is 1. The summed E-state index contributed by atoms with van der Waals surface area (Å²) in [5.74, 6) is -1.26. The number of amides is 1. The summed E-state index contributed by atoms with van der Waals surface area (Å²) in [6.45, 7) is 3.86. The molecule has 0 saturated heterocycles. The van der Waals surface area contributed by atoms with E-state index in [4.69, 9.17) is 4.74 Å². The van der Waals surface area contributed by atoms with Gasteiger partial charge in [0.15, 0.2) is 5.65 Å². The summed E-state index contributed by atoms with van der Waals surface area (Å²) in [5, 5.41) is 21.9. The van der Waals surface area contributed by atoms with Crippen LogP contribution in [0.2, 0.25) is 0 Å². The highest BCUT2D eigenvalue weighted by molar-refractivity contribution is 5.96. The van der Waals surface area contributed by atoms with Crippen LogP contribution < -0.4 is 5.32 Å². The van der Waals surface area contributed by atoms with Crippen molar-refractivity contribution in [2.45, 2.75) is 20.4 Å². The van der Waals surface area contributed by atoms with Gasteiger partial charge < -0.3 is 10.1 Å². The van der Waals surface area contributed by atoms with Gasteiger partial charge in [-0.05, 0) is 25.1 Å². The first kappa shape index (κ1) is 22.6. The normalized spacial score (nSPS) is 11.8. The largest absolute Gasteiger partial charge is 0.462 e. The molecule has 1 amide bonds. The number of carbonyl (C=O) groups excluding carboxylic acids is 2. The lowest BCUT2D eigenvalue weighted by Crippen LogP contribution is -2.24. The predicted octanol–water partition coefficient (Wildman–Crippen LogP) is 2.95. The number of ether oxygens (including phenoxy) is 1. The number of anilines is 1. The summed E-state index contributed by atoms with van der Waals surface area (Å²) >= 11 is 0. The third kappa shape index (κ3) is 4.60. The highest BCUT2D eigenvalue weighted by atomic mass is 16.6. The zero-order valence-corrected chi connectivity index (χ0v) is 18.4. The highest BCUT2D eigenvalue weighted by Gasteiger charge is 2.19. The standard InChI is InChI=1S/C22H21N7O5/c1-3-34-22(31)18-11-25-28-19(7-8-23-20(18)28)15-5-4-6-16(9-15)26-21(30)14(2)12-27-13-17(10-24-27)29(32)33/h4-11,13-14H,3,12H2,1-2H3,(H,26,30). The number of hydrogen-bond donors (Lipinski definition) is 1. The first-order valence-corrected chi connectivity index (χ1v) is 10.5. The van der Waals surface area contributed by atoms with Gasteiger partial charge in [-0.15, -0.1) is 0 Å². The molecule has 3 heterocycles. The van der Waals surface area contributed by atoms with Crippen LogP contribution in [0.1, 0.15) is 24.2 Å². The van der Waals surface area contributed by atoms with E-state index in [0.717, 1.165) is 11.8 Å². The maximum atomic E-state index is 12.7. The number of benzene rings is 1. The Balaban J connectivity index is 1.53. The highest BCUT2D eigenvalue weighted by Crippen LogP contribution is 2.24. The van der Waals surface area contributed by atoms with Crippen LogP contribution in [-0.4, -0.2) is 47.8 Å².